The Morgan fingerprint density at radius 2 is 2.00 bits per heavy atom. The number of benzene rings is 1. The summed E-state index contributed by atoms with van der Waals surface area (Å²) < 4.78 is 49.2. The number of nitrogens with zero attached hydrogens (tertiary/aromatic N) is 5. The number of likely N-dealkylation sites (tertiary alicyclic amines) is 1. The molecule has 1 N–H and O–H groups in total. The standard InChI is InChI=1S/C27H29F3N6O2/c1-17(32)11-20(37)15-36-8-5-18(6-9-36)7-10-38-25-4-3-19(12-21(25)27(28,29)30)22-13-24-26(23(14-31)34-22)33-16-35(24)2/h3-4,12-13,16,18,32H,5-11,15H2,1-2H3. The molecule has 0 radical (unpaired) electrons. The van der Waals surface area contributed by atoms with Crippen molar-refractivity contribution in [3.8, 4) is 23.1 Å². The van der Waals surface area contributed by atoms with Gasteiger partial charge in [0.05, 0.1) is 36.3 Å². The van der Waals surface area contributed by atoms with Crippen LogP contribution in [0.3, 0.4) is 0 Å². The van der Waals surface area contributed by atoms with Crippen LogP contribution in [0.1, 0.15) is 43.9 Å². The number of nitriles is 1. The van der Waals surface area contributed by atoms with Crippen molar-refractivity contribution in [1.29, 1.82) is 10.7 Å². The van der Waals surface area contributed by atoms with Crippen molar-refractivity contribution < 1.29 is 22.7 Å². The Bertz CT molecular complexity index is 1380. The predicted octanol–water partition coefficient (Wildman–Crippen LogP) is 5.01. The van der Waals surface area contributed by atoms with Gasteiger partial charge >= 0.3 is 6.18 Å². The molecule has 200 valence electrons. The number of pyridine rings is 1. The summed E-state index contributed by atoms with van der Waals surface area (Å²) in [6.07, 6.45) is -0.639. The Kier molecular flexibility index (Phi) is 8.11. The van der Waals surface area contributed by atoms with Crippen molar-refractivity contribution in [3.05, 3.63) is 41.9 Å². The molecule has 0 amide bonds. The van der Waals surface area contributed by atoms with Gasteiger partial charge in [-0.2, -0.15) is 18.4 Å². The molecular weight excluding hydrogens is 497 g/mol. The van der Waals surface area contributed by atoms with Crippen LogP contribution in [-0.2, 0) is 18.0 Å². The lowest BCUT2D eigenvalue weighted by Gasteiger charge is -2.31. The SMILES string of the molecule is CC(=N)CC(=O)CN1CCC(CCOc2ccc(-c3cc4c(ncn4C)c(C#N)n3)cc2C(F)(F)F)CC1. The summed E-state index contributed by atoms with van der Waals surface area (Å²) in [7, 11) is 1.74. The van der Waals surface area contributed by atoms with Gasteiger partial charge in [0.1, 0.15) is 17.3 Å². The van der Waals surface area contributed by atoms with Crippen LogP contribution >= 0.6 is 0 Å². The van der Waals surface area contributed by atoms with E-state index in [1.54, 1.807) is 24.6 Å². The number of carbonyl (C=O) groups is 1. The maximum absolute atomic E-state index is 14.0. The van der Waals surface area contributed by atoms with E-state index in [4.69, 9.17) is 10.1 Å². The highest BCUT2D eigenvalue weighted by Gasteiger charge is 2.35. The van der Waals surface area contributed by atoms with Crippen LogP contribution in [0.5, 0.6) is 5.75 Å². The number of fused-ring (bicyclic) bond motifs is 1. The Morgan fingerprint density at radius 3 is 2.66 bits per heavy atom. The van der Waals surface area contributed by atoms with Gasteiger partial charge in [-0.25, -0.2) is 9.97 Å². The minimum Gasteiger partial charge on any atom is -0.493 e. The average Bonchev–Trinajstić information content (AvgIpc) is 3.24. The maximum Gasteiger partial charge on any atom is 0.419 e. The first kappa shape index (κ1) is 27.3. The predicted molar refractivity (Wildman–Crippen MR) is 136 cm³/mol. The van der Waals surface area contributed by atoms with E-state index in [-0.39, 0.29) is 41.5 Å². The lowest BCUT2D eigenvalue weighted by Crippen LogP contribution is -2.38. The third-order valence-corrected chi connectivity index (χ3v) is 6.75. The van der Waals surface area contributed by atoms with Gasteiger partial charge in [0.2, 0.25) is 0 Å². The minimum atomic E-state index is -4.63. The van der Waals surface area contributed by atoms with Crippen LogP contribution in [0.25, 0.3) is 22.3 Å². The molecule has 11 heteroatoms. The number of Topliss-reactive ketones (excluding diaryl/α,β-unsaturated/α-hetero) is 1. The van der Waals surface area contributed by atoms with Crippen LogP contribution in [0.4, 0.5) is 13.2 Å². The third-order valence-electron chi connectivity index (χ3n) is 6.75. The van der Waals surface area contributed by atoms with E-state index in [2.05, 4.69) is 14.9 Å². The lowest BCUT2D eigenvalue weighted by atomic mass is 9.93. The van der Waals surface area contributed by atoms with Crippen LogP contribution < -0.4 is 4.74 Å². The Balaban J connectivity index is 1.42. The molecule has 8 nitrogen and oxygen atoms in total. The summed E-state index contributed by atoms with van der Waals surface area (Å²) in [5.74, 6) is 0.0915. The van der Waals surface area contributed by atoms with Crippen LogP contribution in [0.2, 0.25) is 0 Å². The average molecular weight is 527 g/mol. The maximum atomic E-state index is 14.0. The van der Waals surface area contributed by atoms with Gasteiger partial charge in [0.25, 0.3) is 0 Å². The van der Waals surface area contributed by atoms with Gasteiger partial charge in [0, 0.05) is 24.7 Å². The van der Waals surface area contributed by atoms with E-state index >= 15 is 0 Å². The molecule has 0 bridgehead atoms. The summed E-state index contributed by atoms with van der Waals surface area (Å²) in [6, 6.07) is 7.41. The van der Waals surface area contributed by atoms with E-state index in [9.17, 15) is 23.2 Å². The second-order valence-electron chi connectivity index (χ2n) is 9.75. The number of alkyl halides is 3. The normalized spacial score (nSPS) is 14.9. The van der Waals surface area contributed by atoms with Gasteiger partial charge in [0.15, 0.2) is 11.5 Å². The van der Waals surface area contributed by atoms with Gasteiger partial charge in [-0.05, 0) is 69.5 Å². The molecule has 1 aliphatic heterocycles. The number of hydrogen-bond acceptors (Lipinski definition) is 7. The lowest BCUT2D eigenvalue weighted by molar-refractivity contribution is -0.139. The van der Waals surface area contributed by atoms with Crippen molar-refractivity contribution in [2.45, 2.75) is 38.8 Å². The Labute approximate surface area is 218 Å². The molecule has 1 fully saturated rings. The number of imidazole rings is 1. The number of carbonyl (C=O) groups excluding carboxylic acids is 1. The molecule has 38 heavy (non-hydrogen) atoms. The summed E-state index contributed by atoms with van der Waals surface area (Å²) in [5.41, 5.74) is 0.975. The van der Waals surface area contributed by atoms with E-state index in [1.807, 2.05) is 6.07 Å². The zero-order chi connectivity index (χ0) is 27.4. The number of ketones is 1. The molecule has 3 aromatic rings. The largest absolute Gasteiger partial charge is 0.493 e. The number of hydrogen-bond donors (Lipinski definition) is 1. The second kappa shape index (κ2) is 11.3. The van der Waals surface area contributed by atoms with Crippen molar-refractivity contribution in [3.63, 3.8) is 0 Å². The van der Waals surface area contributed by atoms with Crippen molar-refractivity contribution in [2.24, 2.45) is 13.0 Å². The molecule has 3 heterocycles. The zero-order valence-corrected chi connectivity index (χ0v) is 21.3. The van der Waals surface area contributed by atoms with Crippen molar-refractivity contribution in [1.82, 2.24) is 19.4 Å². The molecule has 0 saturated carbocycles. The van der Waals surface area contributed by atoms with Gasteiger partial charge in [-0.1, -0.05) is 0 Å². The van der Waals surface area contributed by atoms with Crippen LogP contribution in [0, 0.1) is 22.7 Å². The zero-order valence-electron chi connectivity index (χ0n) is 21.3. The monoisotopic (exact) mass is 526 g/mol. The fourth-order valence-electron chi connectivity index (χ4n) is 4.76. The van der Waals surface area contributed by atoms with Crippen molar-refractivity contribution >= 4 is 22.5 Å². The molecule has 0 spiro atoms. The van der Waals surface area contributed by atoms with Gasteiger partial charge in [-0.15, -0.1) is 0 Å². The van der Waals surface area contributed by atoms with Crippen molar-refractivity contribution in [2.75, 3.05) is 26.2 Å². The van der Waals surface area contributed by atoms with Crippen LogP contribution in [-0.4, -0.2) is 57.2 Å². The molecular formula is C27H29F3N6O2. The van der Waals surface area contributed by atoms with Gasteiger partial charge in [-0.3, -0.25) is 9.69 Å². The summed E-state index contributed by atoms with van der Waals surface area (Å²) in [6.45, 7) is 3.59. The second-order valence-corrected chi connectivity index (χ2v) is 9.75. The van der Waals surface area contributed by atoms with Gasteiger partial charge < -0.3 is 14.7 Å². The molecule has 0 unspecified atom stereocenters. The number of aryl methyl sites for hydroxylation is 1. The first-order valence-corrected chi connectivity index (χ1v) is 12.4. The number of nitrogens with one attached hydrogen (secondary N) is 1. The molecule has 0 atom stereocenters. The first-order chi connectivity index (χ1) is 18.0. The molecule has 2 aromatic heterocycles. The molecule has 0 aliphatic carbocycles. The Hall–Kier alpha value is -3.78. The fraction of sp³-hybridized carbons (Fsp3) is 0.444. The number of aromatic nitrogens is 3. The summed E-state index contributed by atoms with van der Waals surface area (Å²) in [5, 5.41) is 16.9. The first-order valence-electron chi connectivity index (χ1n) is 12.4. The molecule has 1 aliphatic rings. The number of ether oxygens (including phenoxy) is 1. The highest BCUT2D eigenvalue weighted by molar-refractivity contribution is 6.00. The highest BCUT2D eigenvalue weighted by Crippen LogP contribution is 2.39. The third kappa shape index (κ3) is 6.37. The van der Waals surface area contributed by atoms with E-state index in [0.717, 1.165) is 32.0 Å². The molecule has 1 saturated heterocycles. The summed E-state index contributed by atoms with van der Waals surface area (Å²) >= 11 is 0. The number of halogens is 3. The fourth-order valence-corrected chi connectivity index (χ4v) is 4.76. The van der Waals surface area contributed by atoms with E-state index in [0.29, 0.717) is 35.6 Å². The topological polar surface area (TPSA) is 108 Å². The van der Waals surface area contributed by atoms with E-state index < -0.39 is 11.7 Å². The quantitative estimate of drug-likeness (QED) is 0.393. The van der Waals surface area contributed by atoms with E-state index in [1.165, 1.54) is 18.5 Å². The number of piperidine rings is 1. The molecule has 1 aromatic carbocycles. The minimum absolute atomic E-state index is 0.0294. The highest BCUT2D eigenvalue weighted by atomic mass is 19.4. The summed E-state index contributed by atoms with van der Waals surface area (Å²) in [4.78, 5) is 22.4. The number of rotatable bonds is 9. The molecule has 4 rings (SSSR count). The Morgan fingerprint density at radius 1 is 1.26 bits per heavy atom. The smallest absolute Gasteiger partial charge is 0.419 e. The van der Waals surface area contributed by atoms with Crippen LogP contribution in [0.15, 0.2) is 30.6 Å².